The summed E-state index contributed by atoms with van der Waals surface area (Å²) in [4.78, 5) is 17.5. The van der Waals surface area contributed by atoms with Crippen molar-refractivity contribution in [2.75, 3.05) is 23.7 Å². The number of fused-ring (bicyclic) bond motifs is 1. The number of anilines is 1. The van der Waals surface area contributed by atoms with Gasteiger partial charge in [0.1, 0.15) is 5.82 Å². The number of hydrogen-bond acceptors (Lipinski definition) is 5. The predicted octanol–water partition coefficient (Wildman–Crippen LogP) is 4.77. The van der Waals surface area contributed by atoms with Gasteiger partial charge in [0.15, 0.2) is 0 Å². The highest BCUT2D eigenvalue weighted by molar-refractivity contribution is 8.03. The number of allylic oxidation sites excluding steroid dienone is 1. The van der Waals surface area contributed by atoms with Crippen LogP contribution in [0.5, 0.6) is 0 Å². The summed E-state index contributed by atoms with van der Waals surface area (Å²) in [6, 6.07) is 16.9. The quantitative estimate of drug-likeness (QED) is 0.681. The van der Waals surface area contributed by atoms with Crippen LogP contribution in [-0.4, -0.2) is 29.6 Å². The average Bonchev–Trinajstić information content (AvgIpc) is 2.74. The third kappa shape index (κ3) is 3.38. The molecule has 0 saturated carbocycles. The first-order valence-corrected chi connectivity index (χ1v) is 11.0. The van der Waals surface area contributed by atoms with Gasteiger partial charge in [-0.15, -0.1) is 11.8 Å². The van der Waals surface area contributed by atoms with Crippen LogP contribution in [0.15, 0.2) is 64.0 Å². The Labute approximate surface area is 172 Å². The molecule has 0 spiro atoms. The summed E-state index contributed by atoms with van der Waals surface area (Å²) >= 11 is 3.07. The lowest BCUT2D eigenvalue weighted by molar-refractivity contribution is -0.129. The molecule has 0 bridgehead atoms. The van der Waals surface area contributed by atoms with Gasteiger partial charge in [-0.05, 0) is 36.1 Å². The van der Waals surface area contributed by atoms with E-state index >= 15 is 0 Å². The molecule has 0 radical (unpaired) electrons. The average molecular weight is 412 g/mol. The van der Waals surface area contributed by atoms with Crippen LogP contribution in [0.3, 0.4) is 0 Å². The number of hydrogen-bond donors (Lipinski definition) is 0. The first-order valence-electron chi connectivity index (χ1n) is 8.83. The first kappa shape index (κ1) is 18.9. The van der Waals surface area contributed by atoms with Crippen LogP contribution in [0.4, 0.5) is 10.1 Å². The lowest BCUT2D eigenvalue weighted by Gasteiger charge is -2.42. The van der Waals surface area contributed by atoms with Gasteiger partial charge in [0.2, 0.25) is 5.91 Å². The fraction of sp³-hybridized carbons (Fsp3) is 0.238. The van der Waals surface area contributed by atoms with E-state index in [0.717, 1.165) is 10.5 Å². The van der Waals surface area contributed by atoms with Crippen molar-refractivity contribution in [3.63, 3.8) is 0 Å². The monoisotopic (exact) mass is 411 g/mol. The predicted molar refractivity (Wildman–Crippen MR) is 111 cm³/mol. The molecule has 0 N–H and O–H groups in total. The van der Waals surface area contributed by atoms with Gasteiger partial charge in [-0.2, -0.15) is 5.26 Å². The number of para-hydroxylation sites is 1. The molecule has 1 atom stereocenters. The number of thioether (sulfide) groups is 2. The van der Waals surface area contributed by atoms with Crippen LogP contribution in [0.1, 0.15) is 17.9 Å². The van der Waals surface area contributed by atoms with Crippen LogP contribution in [-0.2, 0) is 4.79 Å². The fourth-order valence-electron chi connectivity index (χ4n) is 3.54. The number of nitrogens with zero attached hydrogens (tertiary/aromatic N) is 3. The van der Waals surface area contributed by atoms with E-state index in [1.165, 1.54) is 17.8 Å². The van der Waals surface area contributed by atoms with Crippen LogP contribution in [0.25, 0.3) is 0 Å². The Kier molecular flexibility index (Phi) is 5.33. The molecule has 142 valence electrons. The minimum absolute atomic E-state index is 0.0403. The maximum absolute atomic E-state index is 14.2. The van der Waals surface area contributed by atoms with Crippen molar-refractivity contribution in [3.05, 3.63) is 70.5 Å². The van der Waals surface area contributed by atoms with Gasteiger partial charge in [0.05, 0.1) is 34.9 Å². The molecule has 1 amide bonds. The number of amides is 1. The van der Waals surface area contributed by atoms with E-state index in [0.29, 0.717) is 22.2 Å². The normalized spacial score (nSPS) is 19.5. The van der Waals surface area contributed by atoms with E-state index < -0.39 is 0 Å². The van der Waals surface area contributed by atoms with Gasteiger partial charge >= 0.3 is 0 Å². The standard InChI is InChI=1S/C21H18FN3OS2/c1-27-15-8-6-14(7-9-15)16-10-20(26)25-12-24(13-28-21(25)17(16)11-23)19-5-3-2-4-18(19)22/h2-9,16H,10,12-13H2,1H3/t16-/m1/s1. The Balaban J connectivity index is 1.66. The zero-order chi connectivity index (χ0) is 19.7. The van der Waals surface area contributed by atoms with E-state index in [4.69, 9.17) is 0 Å². The second kappa shape index (κ2) is 7.90. The summed E-state index contributed by atoms with van der Waals surface area (Å²) in [6.45, 7) is 0.255. The zero-order valence-electron chi connectivity index (χ0n) is 15.3. The number of halogens is 1. The van der Waals surface area contributed by atoms with Gasteiger partial charge in [-0.1, -0.05) is 36.0 Å². The van der Waals surface area contributed by atoms with E-state index in [-0.39, 0.29) is 30.7 Å². The van der Waals surface area contributed by atoms with Crippen molar-refractivity contribution in [2.24, 2.45) is 0 Å². The number of carbonyl (C=O) groups is 1. The molecule has 1 fully saturated rings. The van der Waals surface area contributed by atoms with Crippen molar-refractivity contribution in [3.8, 4) is 6.07 Å². The molecule has 2 aliphatic rings. The highest BCUT2D eigenvalue weighted by atomic mass is 32.2. The molecule has 2 aromatic carbocycles. The highest BCUT2D eigenvalue weighted by Crippen LogP contribution is 2.43. The molecule has 0 aliphatic carbocycles. The van der Waals surface area contributed by atoms with Crippen molar-refractivity contribution < 1.29 is 9.18 Å². The zero-order valence-corrected chi connectivity index (χ0v) is 16.9. The maximum Gasteiger partial charge on any atom is 0.229 e. The lowest BCUT2D eigenvalue weighted by Crippen LogP contribution is -2.47. The minimum atomic E-state index is -0.313. The van der Waals surface area contributed by atoms with E-state index in [9.17, 15) is 14.4 Å². The van der Waals surface area contributed by atoms with Gasteiger partial charge in [-0.3, -0.25) is 9.69 Å². The summed E-state index contributed by atoms with van der Waals surface area (Å²) in [6.07, 6.45) is 2.26. The Morgan fingerprint density at radius 2 is 1.96 bits per heavy atom. The first-order chi connectivity index (χ1) is 13.6. The third-order valence-electron chi connectivity index (χ3n) is 5.00. The molecule has 28 heavy (non-hydrogen) atoms. The van der Waals surface area contributed by atoms with Gasteiger partial charge < -0.3 is 4.90 Å². The third-order valence-corrected chi connectivity index (χ3v) is 6.90. The molecule has 4 rings (SSSR count). The van der Waals surface area contributed by atoms with Crippen molar-refractivity contribution in [1.82, 2.24) is 4.90 Å². The van der Waals surface area contributed by atoms with E-state index in [1.807, 2.05) is 35.4 Å². The van der Waals surface area contributed by atoms with Gasteiger partial charge in [-0.25, -0.2) is 4.39 Å². The van der Waals surface area contributed by atoms with Crippen LogP contribution >= 0.6 is 23.5 Å². The Bertz CT molecular complexity index is 984. The highest BCUT2D eigenvalue weighted by Gasteiger charge is 2.38. The van der Waals surface area contributed by atoms with Crippen molar-refractivity contribution in [1.29, 1.82) is 5.26 Å². The number of rotatable bonds is 3. The maximum atomic E-state index is 14.2. The van der Waals surface area contributed by atoms with E-state index in [1.54, 1.807) is 34.9 Å². The Hall–Kier alpha value is -2.43. The van der Waals surface area contributed by atoms with Crippen LogP contribution < -0.4 is 4.90 Å². The summed E-state index contributed by atoms with van der Waals surface area (Å²) in [7, 11) is 0. The molecule has 7 heteroatoms. The van der Waals surface area contributed by atoms with Crippen LogP contribution in [0.2, 0.25) is 0 Å². The topological polar surface area (TPSA) is 47.3 Å². The van der Waals surface area contributed by atoms with Gasteiger partial charge in [0.25, 0.3) is 0 Å². The lowest BCUT2D eigenvalue weighted by atomic mass is 9.86. The number of carbonyl (C=O) groups excluding carboxylic acids is 1. The van der Waals surface area contributed by atoms with Gasteiger partial charge in [0, 0.05) is 17.2 Å². The second-order valence-corrected chi connectivity index (χ2v) is 8.40. The van der Waals surface area contributed by atoms with E-state index in [2.05, 4.69) is 6.07 Å². The summed E-state index contributed by atoms with van der Waals surface area (Å²) in [5.41, 5.74) is 2.07. The summed E-state index contributed by atoms with van der Waals surface area (Å²) in [5.74, 6) is -0.0931. The smallest absolute Gasteiger partial charge is 0.229 e. The van der Waals surface area contributed by atoms with Crippen molar-refractivity contribution in [2.45, 2.75) is 17.2 Å². The largest absolute Gasteiger partial charge is 0.341 e. The SMILES string of the molecule is CSc1ccc([C@H]2CC(=O)N3CN(c4ccccc4F)CSC3=C2C#N)cc1. The molecule has 2 aromatic rings. The molecule has 0 unspecified atom stereocenters. The Morgan fingerprint density at radius 1 is 1.21 bits per heavy atom. The summed E-state index contributed by atoms with van der Waals surface area (Å²) in [5, 5.41) is 10.5. The van der Waals surface area contributed by atoms with Crippen molar-refractivity contribution >= 4 is 35.1 Å². The molecule has 4 nitrogen and oxygen atoms in total. The van der Waals surface area contributed by atoms with Crippen LogP contribution in [0, 0.1) is 17.1 Å². The number of nitriles is 1. The minimum Gasteiger partial charge on any atom is -0.341 e. The fourth-order valence-corrected chi connectivity index (χ4v) is 5.11. The second-order valence-electron chi connectivity index (χ2n) is 6.59. The molecule has 0 aromatic heterocycles. The molecule has 2 heterocycles. The number of benzene rings is 2. The summed E-state index contributed by atoms with van der Waals surface area (Å²) < 4.78 is 14.2. The Morgan fingerprint density at radius 3 is 2.64 bits per heavy atom. The molecule has 2 aliphatic heterocycles. The molecule has 1 saturated heterocycles. The molecular formula is C21H18FN3OS2. The molecular weight excluding hydrogens is 393 g/mol.